The Morgan fingerprint density at radius 3 is 2.15 bits per heavy atom. The van der Waals surface area contributed by atoms with E-state index < -0.39 is 41.6 Å². The maximum absolute atomic E-state index is 14.2. The van der Waals surface area contributed by atoms with Gasteiger partial charge >= 0.3 is 12.1 Å². The minimum Gasteiger partial charge on any atom is -0.468 e. The van der Waals surface area contributed by atoms with E-state index in [4.69, 9.17) is 11.2 Å². The van der Waals surface area contributed by atoms with Crippen molar-refractivity contribution < 1.29 is 28.7 Å². The number of benzene rings is 1. The van der Waals surface area contributed by atoms with E-state index in [1.165, 1.54) is 12.0 Å². The molecule has 1 aromatic rings. The Hall–Kier alpha value is -3.54. The van der Waals surface area contributed by atoms with Crippen LogP contribution in [0.3, 0.4) is 0 Å². The number of ether oxygens (including phenoxy) is 2. The number of rotatable bonds is 16. The van der Waals surface area contributed by atoms with E-state index in [2.05, 4.69) is 28.2 Å². The molecule has 3 amide bonds. The lowest BCUT2D eigenvalue weighted by Crippen LogP contribution is -2.54. The van der Waals surface area contributed by atoms with E-state index in [9.17, 15) is 19.2 Å². The third-order valence-corrected chi connectivity index (χ3v) is 6.32. The summed E-state index contributed by atoms with van der Waals surface area (Å²) in [6.45, 7) is 11.2. The van der Waals surface area contributed by atoms with Gasteiger partial charge in [0.15, 0.2) is 0 Å². The number of amides is 3. The van der Waals surface area contributed by atoms with E-state index in [1.54, 1.807) is 45.0 Å². The average molecular weight is 572 g/mol. The molecule has 9 heteroatoms. The number of hydrogen-bond donors (Lipinski definition) is 2. The first-order valence-electron chi connectivity index (χ1n) is 14.5. The largest absolute Gasteiger partial charge is 0.468 e. The van der Waals surface area contributed by atoms with Gasteiger partial charge in [-0.25, -0.2) is 4.79 Å². The molecule has 2 atom stereocenters. The van der Waals surface area contributed by atoms with Gasteiger partial charge in [-0.15, -0.1) is 6.42 Å². The Labute approximate surface area is 246 Å². The van der Waals surface area contributed by atoms with E-state index in [1.807, 2.05) is 13.8 Å². The van der Waals surface area contributed by atoms with Gasteiger partial charge in [-0.1, -0.05) is 70.9 Å². The van der Waals surface area contributed by atoms with Crippen LogP contribution in [-0.2, 0) is 23.9 Å². The summed E-state index contributed by atoms with van der Waals surface area (Å²) in [5.74, 6) is 1.07. The maximum atomic E-state index is 14.2. The topological polar surface area (TPSA) is 114 Å². The second kappa shape index (κ2) is 18.0. The molecule has 1 rings (SSSR count). The summed E-state index contributed by atoms with van der Waals surface area (Å²) in [6, 6.07) is 4.83. The van der Waals surface area contributed by atoms with Crippen molar-refractivity contribution in [1.82, 2.24) is 15.5 Å². The standard InChI is InChI=1S/C32H49N3O6/c1-9-11-12-13-14-15-20-35(30(38)26(21-23(3)4)34-31(39)41-32(5,6)7)28(29(37)33-22-27(36)40-8)25-18-16-24(10-2)17-19-25/h2,16-19,23,26,28H,9,11-15,20-22H2,1,3-8H3,(H,33,37)(H,34,39). The van der Waals surface area contributed by atoms with Crippen molar-refractivity contribution >= 4 is 23.9 Å². The first-order valence-corrected chi connectivity index (χ1v) is 14.5. The van der Waals surface area contributed by atoms with Crippen LogP contribution >= 0.6 is 0 Å². The van der Waals surface area contributed by atoms with Crippen LogP contribution in [0.1, 0.15) is 104 Å². The minimum absolute atomic E-state index is 0.0660. The first-order chi connectivity index (χ1) is 19.3. The molecule has 41 heavy (non-hydrogen) atoms. The molecule has 0 saturated carbocycles. The number of nitrogens with zero attached hydrogens (tertiary/aromatic N) is 1. The first kappa shape index (κ1) is 35.5. The molecule has 0 fully saturated rings. The number of carbonyl (C=O) groups is 4. The summed E-state index contributed by atoms with van der Waals surface area (Å²) in [5, 5.41) is 5.35. The van der Waals surface area contributed by atoms with Crippen molar-refractivity contribution in [3.05, 3.63) is 35.4 Å². The van der Waals surface area contributed by atoms with E-state index in [0.717, 1.165) is 32.1 Å². The van der Waals surface area contributed by atoms with Crippen LogP contribution in [0.4, 0.5) is 4.79 Å². The van der Waals surface area contributed by atoms with Crippen LogP contribution in [0.5, 0.6) is 0 Å². The lowest BCUT2D eigenvalue weighted by molar-refractivity contribution is -0.145. The molecule has 0 spiro atoms. The highest BCUT2D eigenvalue weighted by Gasteiger charge is 2.36. The summed E-state index contributed by atoms with van der Waals surface area (Å²) in [6.07, 6.45) is 11.1. The number of unbranched alkanes of at least 4 members (excludes halogenated alkanes) is 5. The molecule has 0 aliphatic heterocycles. The summed E-state index contributed by atoms with van der Waals surface area (Å²) in [4.78, 5) is 53.9. The fraction of sp³-hybridized carbons (Fsp3) is 0.625. The molecule has 0 radical (unpaired) electrons. The summed E-state index contributed by atoms with van der Waals surface area (Å²) in [5.41, 5.74) is 0.412. The number of hydrogen-bond acceptors (Lipinski definition) is 6. The Bertz CT molecular complexity index is 1020. The monoisotopic (exact) mass is 571 g/mol. The fourth-order valence-corrected chi connectivity index (χ4v) is 4.33. The number of terminal acetylenes is 1. The third-order valence-electron chi connectivity index (χ3n) is 6.32. The molecule has 2 unspecified atom stereocenters. The van der Waals surface area contributed by atoms with Crippen molar-refractivity contribution in [2.24, 2.45) is 5.92 Å². The number of esters is 1. The van der Waals surface area contributed by atoms with Crippen LogP contribution < -0.4 is 10.6 Å². The quantitative estimate of drug-likeness (QED) is 0.162. The second-order valence-corrected chi connectivity index (χ2v) is 11.6. The summed E-state index contributed by atoms with van der Waals surface area (Å²) >= 11 is 0. The van der Waals surface area contributed by atoms with E-state index >= 15 is 0 Å². The number of methoxy groups -OCH3 is 1. The van der Waals surface area contributed by atoms with Crippen molar-refractivity contribution in [2.75, 3.05) is 20.2 Å². The molecule has 2 N–H and O–H groups in total. The van der Waals surface area contributed by atoms with Gasteiger partial charge < -0.3 is 25.0 Å². The van der Waals surface area contributed by atoms with Crippen molar-refractivity contribution in [3.63, 3.8) is 0 Å². The molecule has 0 aliphatic rings. The van der Waals surface area contributed by atoms with Gasteiger partial charge in [0.05, 0.1) is 7.11 Å². The zero-order valence-corrected chi connectivity index (χ0v) is 25.9. The van der Waals surface area contributed by atoms with Crippen molar-refractivity contribution in [1.29, 1.82) is 0 Å². The summed E-state index contributed by atoms with van der Waals surface area (Å²) in [7, 11) is 1.23. The van der Waals surface area contributed by atoms with Gasteiger partial charge in [-0.3, -0.25) is 14.4 Å². The molecule has 228 valence electrons. The van der Waals surface area contributed by atoms with Gasteiger partial charge in [-0.05, 0) is 57.2 Å². The third kappa shape index (κ3) is 13.6. The zero-order valence-electron chi connectivity index (χ0n) is 25.9. The van der Waals surface area contributed by atoms with Crippen LogP contribution in [0.15, 0.2) is 24.3 Å². The maximum Gasteiger partial charge on any atom is 0.408 e. The highest BCUT2D eigenvalue weighted by atomic mass is 16.6. The highest BCUT2D eigenvalue weighted by molar-refractivity contribution is 5.93. The Morgan fingerprint density at radius 2 is 1.61 bits per heavy atom. The average Bonchev–Trinajstić information content (AvgIpc) is 2.90. The van der Waals surface area contributed by atoms with Gasteiger partial charge in [0.2, 0.25) is 11.8 Å². The highest BCUT2D eigenvalue weighted by Crippen LogP contribution is 2.25. The van der Waals surface area contributed by atoms with Crippen molar-refractivity contribution in [3.8, 4) is 12.3 Å². The lowest BCUT2D eigenvalue weighted by Gasteiger charge is -2.35. The van der Waals surface area contributed by atoms with Crippen LogP contribution in [0.25, 0.3) is 0 Å². The Balaban J connectivity index is 3.48. The Kier molecular flexibility index (Phi) is 15.6. The van der Waals surface area contributed by atoms with E-state index in [0.29, 0.717) is 24.0 Å². The number of carbonyl (C=O) groups excluding carboxylic acids is 4. The van der Waals surface area contributed by atoms with Gasteiger partial charge in [-0.2, -0.15) is 0 Å². The molecular weight excluding hydrogens is 522 g/mol. The lowest BCUT2D eigenvalue weighted by atomic mass is 9.98. The molecular formula is C32H49N3O6. The molecule has 0 aromatic heterocycles. The Morgan fingerprint density at radius 1 is 1.00 bits per heavy atom. The van der Waals surface area contributed by atoms with Crippen molar-refractivity contribution in [2.45, 2.75) is 104 Å². The normalized spacial score (nSPS) is 12.6. The van der Waals surface area contributed by atoms with Crippen LogP contribution in [-0.4, -0.2) is 60.6 Å². The molecule has 0 saturated heterocycles. The molecule has 0 aliphatic carbocycles. The molecule has 1 aromatic carbocycles. The zero-order chi connectivity index (χ0) is 31.0. The predicted molar refractivity (Wildman–Crippen MR) is 160 cm³/mol. The van der Waals surface area contributed by atoms with E-state index in [-0.39, 0.29) is 19.0 Å². The van der Waals surface area contributed by atoms with Gasteiger partial charge in [0.1, 0.15) is 24.2 Å². The summed E-state index contributed by atoms with van der Waals surface area (Å²) < 4.78 is 10.1. The second-order valence-electron chi connectivity index (χ2n) is 11.6. The van der Waals surface area contributed by atoms with Gasteiger partial charge in [0.25, 0.3) is 0 Å². The van der Waals surface area contributed by atoms with Crippen LogP contribution in [0.2, 0.25) is 0 Å². The number of nitrogens with one attached hydrogen (secondary N) is 2. The number of alkyl carbamates (subject to hydrolysis) is 1. The predicted octanol–water partition coefficient (Wildman–Crippen LogP) is 5.13. The SMILES string of the molecule is C#Cc1ccc(C(C(=O)NCC(=O)OC)N(CCCCCCCC)C(=O)C(CC(C)C)NC(=O)OC(C)(C)C)cc1. The van der Waals surface area contributed by atoms with Crippen LogP contribution in [0, 0.1) is 18.3 Å². The van der Waals surface area contributed by atoms with Gasteiger partial charge in [0, 0.05) is 12.1 Å². The molecule has 0 bridgehead atoms. The minimum atomic E-state index is -1.07. The molecule has 9 nitrogen and oxygen atoms in total. The molecule has 0 heterocycles. The fourth-order valence-electron chi connectivity index (χ4n) is 4.33. The smallest absolute Gasteiger partial charge is 0.408 e.